The van der Waals surface area contributed by atoms with Gasteiger partial charge >= 0.3 is 0 Å². The number of rotatable bonds is 11. The molecular formula is C26H37N3S2+2. The van der Waals surface area contributed by atoms with Crippen molar-refractivity contribution in [3.05, 3.63) is 59.2 Å². The Morgan fingerprint density at radius 2 is 1.48 bits per heavy atom. The maximum absolute atomic E-state index is 2.32. The maximum atomic E-state index is 2.32. The van der Waals surface area contributed by atoms with Gasteiger partial charge in [-0.15, -0.1) is 22.7 Å². The molecule has 0 saturated heterocycles. The molecule has 0 bridgehead atoms. The first-order chi connectivity index (χ1) is 15.0. The molecule has 3 nitrogen and oxygen atoms in total. The van der Waals surface area contributed by atoms with Crippen molar-refractivity contribution in [3.63, 3.8) is 0 Å². The molecule has 0 fully saturated rings. The molecule has 3 aromatic rings. The second-order valence-electron chi connectivity index (χ2n) is 8.30. The molecule has 0 aliphatic carbocycles. The molecule has 3 aromatic heterocycles. The monoisotopic (exact) mass is 455 g/mol. The van der Waals surface area contributed by atoms with Gasteiger partial charge in [0.2, 0.25) is 0 Å². The molecule has 3 heterocycles. The van der Waals surface area contributed by atoms with Crippen LogP contribution in [0.5, 0.6) is 0 Å². The Morgan fingerprint density at radius 1 is 0.839 bits per heavy atom. The molecule has 0 saturated carbocycles. The number of hydrogen-bond acceptors (Lipinski definition) is 3. The molecule has 31 heavy (non-hydrogen) atoms. The third kappa shape index (κ3) is 6.28. The first-order valence-electron chi connectivity index (χ1n) is 11.4. The Morgan fingerprint density at radius 3 is 2.10 bits per heavy atom. The number of anilines is 1. The number of aromatic nitrogens is 1. The largest absolute Gasteiger partial charge is 0.370 e. The van der Waals surface area contributed by atoms with Gasteiger partial charge in [-0.3, -0.25) is 0 Å². The van der Waals surface area contributed by atoms with Gasteiger partial charge in [-0.25, -0.2) is 4.57 Å². The van der Waals surface area contributed by atoms with Crippen molar-refractivity contribution in [1.82, 2.24) is 0 Å². The fourth-order valence-corrected chi connectivity index (χ4v) is 5.85. The maximum Gasteiger partial charge on any atom is 0.169 e. The van der Waals surface area contributed by atoms with Crippen LogP contribution in [0.3, 0.4) is 0 Å². The van der Waals surface area contributed by atoms with Gasteiger partial charge in [0.1, 0.15) is 0 Å². The summed E-state index contributed by atoms with van der Waals surface area (Å²) in [6, 6.07) is 13.3. The average molecular weight is 456 g/mol. The summed E-state index contributed by atoms with van der Waals surface area (Å²) in [7, 11) is 4.19. The van der Waals surface area contributed by atoms with E-state index in [1.165, 1.54) is 62.3 Å². The van der Waals surface area contributed by atoms with Crippen LogP contribution in [-0.4, -0.2) is 44.8 Å². The minimum absolute atomic E-state index is 1.09. The molecule has 0 aliphatic rings. The van der Waals surface area contributed by atoms with Crippen LogP contribution in [0.2, 0.25) is 0 Å². The van der Waals surface area contributed by atoms with Crippen LogP contribution in [0.25, 0.3) is 21.9 Å². The topological polar surface area (TPSA) is 7.12 Å². The molecule has 0 atom stereocenters. The molecule has 3 rings (SSSR count). The second kappa shape index (κ2) is 11.1. The van der Waals surface area contributed by atoms with Gasteiger partial charge in [0.05, 0.1) is 37.6 Å². The molecule has 0 N–H and O–H groups in total. The molecule has 0 spiro atoms. The minimum Gasteiger partial charge on any atom is -0.370 e. The lowest BCUT2D eigenvalue weighted by Gasteiger charge is -2.35. The molecule has 0 unspecified atom stereocenters. The Balaban J connectivity index is 1.55. The zero-order valence-electron chi connectivity index (χ0n) is 19.7. The molecular weight excluding hydrogens is 418 g/mol. The summed E-state index contributed by atoms with van der Waals surface area (Å²) in [4.78, 5) is 6.13. The second-order valence-corrected chi connectivity index (χ2v) is 10.5. The van der Waals surface area contributed by atoms with E-state index < -0.39 is 0 Å². The van der Waals surface area contributed by atoms with Crippen LogP contribution in [0.1, 0.15) is 37.6 Å². The number of pyridine rings is 1. The van der Waals surface area contributed by atoms with Crippen LogP contribution in [-0.2, 0) is 6.54 Å². The van der Waals surface area contributed by atoms with Crippen molar-refractivity contribution in [2.75, 3.05) is 45.2 Å². The number of nitrogens with zero attached hydrogens (tertiary/aromatic N) is 3. The number of aryl methyl sites for hydroxylation is 1. The van der Waals surface area contributed by atoms with Crippen LogP contribution in [0, 0.1) is 0 Å². The Kier molecular flexibility index (Phi) is 8.47. The molecule has 0 amide bonds. The Bertz CT molecular complexity index is 954. The highest BCUT2D eigenvalue weighted by molar-refractivity contribution is 7.24. The van der Waals surface area contributed by atoms with E-state index >= 15 is 0 Å². The van der Waals surface area contributed by atoms with Gasteiger partial charge in [0.15, 0.2) is 18.9 Å². The summed E-state index contributed by atoms with van der Waals surface area (Å²) in [6.45, 7) is 13.0. The van der Waals surface area contributed by atoms with Crippen LogP contribution >= 0.6 is 22.7 Å². The standard InChI is InChI=1S/C26H37N3S2/c1-6-29(7-2,8-3)21-9-18-28-19-16-22(17-20-28)10-11-23-12-13-24(30-23)25-14-15-26(31-25)27(4)5/h10-17,19-20H,6-9,18,21H2,1-5H3/q+2. The van der Waals surface area contributed by atoms with E-state index in [-0.39, 0.29) is 0 Å². The highest BCUT2D eigenvalue weighted by Gasteiger charge is 2.20. The van der Waals surface area contributed by atoms with Crippen LogP contribution in [0.4, 0.5) is 5.00 Å². The molecule has 0 aliphatic heterocycles. The number of quaternary nitrogens is 1. The Hall–Kier alpha value is -1.95. The smallest absolute Gasteiger partial charge is 0.169 e. The number of hydrogen-bond donors (Lipinski definition) is 0. The van der Waals surface area contributed by atoms with Gasteiger partial charge in [0.25, 0.3) is 0 Å². The van der Waals surface area contributed by atoms with Crippen molar-refractivity contribution < 1.29 is 9.05 Å². The van der Waals surface area contributed by atoms with Crippen molar-refractivity contribution in [2.45, 2.75) is 33.7 Å². The van der Waals surface area contributed by atoms with Crippen LogP contribution in [0.15, 0.2) is 48.8 Å². The zero-order chi connectivity index (χ0) is 22.3. The molecule has 5 heteroatoms. The summed E-state index contributed by atoms with van der Waals surface area (Å²) in [5.74, 6) is 0. The van der Waals surface area contributed by atoms with E-state index in [9.17, 15) is 0 Å². The van der Waals surface area contributed by atoms with Gasteiger partial charge in [0, 0.05) is 40.9 Å². The van der Waals surface area contributed by atoms with Crippen molar-refractivity contribution in [2.24, 2.45) is 0 Å². The van der Waals surface area contributed by atoms with Crippen molar-refractivity contribution >= 4 is 39.8 Å². The van der Waals surface area contributed by atoms with Crippen molar-refractivity contribution in [3.8, 4) is 9.75 Å². The predicted molar refractivity (Wildman–Crippen MR) is 139 cm³/mol. The zero-order valence-corrected chi connectivity index (χ0v) is 21.3. The van der Waals surface area contributed by atoms with Gasteiger partial charge < -0.3 is 9.38 Å². The fraction of sp³-hybridized carbons (Fsp3) is 0.423. The van der Waals surface area contributed by atoms with E-state index in [2.05, 4.69) is 105 Å². The van der Waals surface area contributed by atoms with E-state index in [0.717, 1.165) is 6.54 Å². The lowest BCUT2D eigenvalue weighted by Crippen LogP contribution is -2.49. The van der Waals surface area contributed by atoms with Gasteiger partial charge in [-0.2, -0.15) is 0 Å². The normalized spacial score (nSPS) is 12.0. The third-order valence-corrected chi connectivity index (χ3v) is 8.82. The lowest BCUT2D eigenvalue weighted by molar-refractivity contribution is -0.925. The summed E-state index contributed by atoms with van der Waals surface area (Å²) in [5.41, 5.74) is 1.25. The van der Waals surface area contributed by atoms with E-state index in [1.807, 2.05) is 22.7 Å². The summed E-state index contributed by atoms with van der Waals surface area (Å²) in [5, 5.41) is 1.29. The van der Waals surface area contributed by atoms with Gasteiger partial charge in [-0.1, -0.05) is 6.08 Å². The average Bonchev–Trinajstić information content (AvgIpc) is 3.46. The summed E-state index contributed by atoms with van der Waals surface area (Å²) >= 11 is 3.70. The molecule has 0 radical (unpaired) electrons. The molecule has 0 aromatic carbocycles. The van der Waals surface area contributed by atoms with Crippen molar-refractivity contribution in [1.29, 1.82) is 0 Å². The SMILES string of the molecule is CC[N+](CC)(CC)CCC[n+]1ccc(/C=C/c2ccc(-c3ccc(N(C)C)s3)s2)cc1. The number of thiophene rings is 2. The predicted octanol–water partition coefficient (Wildman–Crippen LogP) is 6.27. The fourth-order valence-electron chi connectivity index (χ4n) is 3.92. The highest BCUT2D eigenvalue weighted by atomic mass is 32.1. The molecule has 166 valence electrons. The van der Waals surface area contributed by atoms with Crippen LogP contribution < -0.4 is 9.47 Å². The highest BCUT2D eigenvalue weighted by Crippen LogP contribution is 2.37. The minimum atomic E-state index is 1.09. The Labute approximate surface area is 196 Å². The first-order valence-corrected chi connectivity index (χ1v) is 13.0. The third-order valence-electron chi connectivity index (χ3n) is 6.32. The van der Waals surface area contributed by atoms with E-state index in [4.69, 9.17) is 0 Å². The summed E-state index contributed by atoms with van der Waals surface area (Å²) in [6.07, 6.45) is 10.1. The van der Waals surface area contributed by atoms with Gasteiger partial charge in [-0.05, 0) is 56.7 Å². The quantitative estimate of drug-likeness (QED) is 0.244. The van der Waals surface area contributed by atoms with E-state index in [1.54, 1.807) is 0 Å². The van der Waals surface area contributed by atoms with E-state index in [0.29, 0.717) is 0 Å². The lowest BCUT2D eigenvalue weighted by atomic mass is 10.2. The first kappa shape index (κ1) is 23.7. The summed E-state index contributed by atoms with van der Waals surface area (Å²) < 4.78 is 3.54.